The van der Waals surface area contributed by atoms with Gasteiger partial charge in [-0.3, -0.25) is 0 Å². The standard InChI is InChI=1S/C18H33P.C9H12.Ni/c1-4-10-16(11-5-1)19(17-12-6-2-7-13-17)18-14-8-3-9-15-18;1-7-4-8(2)6-9(3)5-7;/h16-18H,1-15H2;4-6H,1-3H3;/p+1. The smallest absolute Gasteiger partial charge is 0.0564 e. The summed E-state index contributed by atoms with van der Waals surface area (Å²) in [5.41, 5.74) is 7.74. The number of aryl methyl sites for hydroxylation is 3. The molecule has 4 rings (SSSR count). The Morgan fingerprint density at radius 2 is 0.724 bits per heavy atom. The molecule has 0 unspecified atom stereocenters. The number of hydrogen-bond donors (Lipinski definition) is 0. The predicted octanol–water partition coefficient (Wildman–Crippen LogP) is 8.81. The number of hydrogen-bond acceptors (Lipinski definition) is 0. The van der Waals surface area contributed by atoms with Gasteiger partial charge in [0.2, 0.25) is 0 Å². The van der Waals surface area contributed by atoms with Gasteiger partial charge in [0.05, 0.1) is 17.0 Å². The molecule has 0 atom stereocenters. The first kappa shape index (κ1) is 25.4. The molecule has 168 valence electrons. The molecular formula is C27H46NiP+. The van der Waals surface area contributed by atoms with E-state index in [1.807, 2.05) is 0 Å². The Bertz CT molecular complexity index is 473. The topological polar surface area (TPSA) is 0 Å². The van der Waals surface area contributed by atoms with Crippen LogP contribution in [0.5, 0.6) is 0 Å². The van der Waals surface area contributed by atoms with Crippen molar-refractivity contribution in [2.24, 2.45) is 0 Å². The molecule has 0 saturated heterocycles. The molecule has 1 aromatic carbocycles. The Hall–Kier alpha value is 0.144. The van der Waals surface area contributed by atoms with Crippen molar-refractivity contribution >= 4 is 7.92 Å². The van der Waals surface area contributed by atoms with Crippen molar-refractivity contribution in [1.82, 2.24) is 0 Å². The van der Waals surface area contributed by atoms with Crippen molar-refractivity contribution in [3.8, 4) is 0 Å². The Labute approximate surface area is 193 Å². The minimum atomic E-state index is -0.0465. The maximum absolute atomic E-state index is 2.19. The van der Waals surface area contributed by atoms with Gasteiger partial charge in [-0.1, -0.05) is 54.2 Å². The van der Waals surface area contributed by atoms with Gasteiger partial charge in [0.25, 0.3) is 0 Å². The first-order valence-electron chi connectivity index (χ1n) is 12.5. The zero-order chi connectivity index (χ0) is 19.8. The van der Waals surface area contributed by atoms with Crippen LogP contribution < -0.4 is 0 Å². The largest absolute Gasteiger partial charge is 0.0680 e. The maximum atomic E-state index is 2.19. The second-order valence-corrected chi connectivity index (χ2v) is 13.6. The van der Waals surface area contributed by atoms with Crippen LogP contribution in [0.4, 0.5) is 0 Å². The second kappa shape index (κ2) is 13.5. The van der Waals surface area contributed by atoms with Crippen LogP contribution in [0.1, 0.15) is 113 Å². The zero-order valence-electron chi connectivity index (χ0n) is 19.4. The van der Waals surface area contributed by atoms with Gasteiger partial charge < -0.3 is 0 Å². The van der Waals surface area contributed by atoms with Crippen LogP contribution in [-0.2, 0) is 16.5 Å². The summed E-state index contributed by atoms with van der Waals surface area (Å²) in [6.07, 6.45) is 23.8. The summed E-state index contributed by atoms with van der Waals surface area (Å²) in [5.74, 6) is 0. The molecule has 0 heterocycles. The number of benzene rings is 1. The van der Waals surface area contributed by atoms with Gasteiger partial charge in [-0.2, -0.15) is 0 Å². The molecule has 1 aromatic rings. The van der Waals surface area contributed by atoms with Crippen LogP contribution in [0, 0.1) is 20.8 Å². The van der Waals surface area contributed by atoms with Crippen molar-refractivity contribution in [2.45, 2.75) is 134 Å². The van der Waals surface area contributed by atoms with E-state index in [0.717, 1.165) is 0 Å². The van der Waals surface area contributed by atoms with Gasteiger partial charge in [-0.05, 0) is 97.8 Å². The monoisotopic (exact) mass is 459 g/mol. The van der Waals surface area contributed by atoms with E-state index in [1.54, 1.807) is 96.3 Å². The van der Waals surface area contributed by atoms with Gasteiger partial charge in [-0.25, -0.2) is 0 Å². The first-order valence-corrected chi connectivity index (χ1v) is 14.3. The summed E-state index contributed by atoms with van der Waals surface area (Å²) < 4.78 is 0. The molecule has 0 spiro atoms. The molecule has 0 N–H and O–H groups in total. The SMILES string of the molecule is C1CCC([PH+](C2CCCCC2)C2CCCCC2)CC1.Cc1cc(C)cc(C)c1.[Ni]. The molecule has 29 heavy (non-hydrogen) atoms. The van der Waals surface area contributed by atoms with Crippen LogP contribution in [0.15, 0.2) is 18.2 Å². The molecular weight excluding hydrogens is 414 g/mol. The molecule has 2 heteroatoms. The normalized spacial score (nSPS) is 21.9. The van der Waals surface area contributed by atoms with E-state index in [-0.39, 0.29) is 24.4 Å². The predicted molar refractivity (Wildman–Crippen MR) is 130 cm³/mol. The van der Waals surface area contributed by atoms with E-state index in [0.29, 0.717) is 0 Å². The Morgan fingerprint density at radius 1 is 0.483 bits per heavy atom. The quantitative estimate of drug-likeness (QED) is 0.312. The molecule has 3 aliphatic carbocycles. The third-order valence-electron chi connectivity index (χ3n) is 7.60. The van der Waals surface area contributed by atoms with E-state index in [1.165, 1.54) is 33.7 Å². The molecule has 3 fully saturated rings. The molecule has 0 radical (unpaired) electrons. The molecule has 0 amide bonds. The van der Waals surface area contributed by atoms with Crippen molar-refractivity contribution in [2.75, 3.05) is 0 Å². The fraction of sp³-hybridized carbons (Fsp3) is 0.778. The third kappa shape index (κ3) is 8.30. The molecule has 0 nitrogen and oxygen atoms in total. The summed E-state index contributed by atoms with van der Waals surface area (Å²) in [6, 6.07) is 6.56. The van der Waals surface area contributed by atoms with Gasteiger partial charge in [0.1, 0.15) is 0 Å². The number of rotatable bonds is 3. The summed E-state index contributed by atoms with van der Waals surface area (Å²) in [6.45, 7) is 6.38. The van der Waals surface area contributed by atoms with Crippen LogP contribution in [0.25, 0.3) is 0 Å². The van der Waals surface area contributed by atoms with E-state index >= 15 is 0 Å². The van der Waals surface area contributed by atoms with Crippen LogP contribution in [-0.4, -0.2) is 17.0 Å². The van der Waals surface area contributed by atoms with Gasteiger partial charge in [0, 0.05) is 24.4 Å². The van der Waals surface area contributed by atoms with Crippen molar-refractivity contribution in [1.29, 1.82) is 0 Å². The summed E-state index contributed by atoms with van der Waals surface area (Å²) in [5, 5.41) is 0. The van der Waals surface area contributed by atoms with Crippen molar-refractivity contribution in [3.05, 3.63) is 34.9 Å². The zero-order valence-corrected chi connectivity index (χ0v) is 21.4. The van der Waals surface area contributed by atoms with Crippen LogP contribution in [0.2, 0.25) is 0 Å². The molecule has 0 aliphatic heterocycles. The van der Waals surface area contributed by atoms with E-state index in [2.05, 4.69) is 39.0 Å². The molecule has 0 bridgehead atoms. The first-order chi connectivity index (χ1) is 13.6. The maximum Gasteiger partial charge on any atom is 0.0680 e. The van der Waals surface area contributed by atoms with Crippen LogP contribution in [0.3, 0.4) is 0 Å². The van der Waals surface area contributed by atoms with E-state index < -0.39 is 0 Å². The summed E-state index contributed by atoms with van der Waals surface area (Å²) >= 11 is 0. The van der Waals surface area contributed by atoms with Crippen molar-refractivity contribution < 1.29 is 16.5 Å². The van der Waals surface area contributed by atoms with Crippen LogP contribution >= 0.6 is 7.92 Å². The third-order valence-corrected chi connectivity index (χ3v) is 12.2. The van der Waals surface area contributed by atoms with E-state index in [9.17, 15) is 0 Å². The van der Waals surface area contributed by atoms with Gasteiger partial charge in [-0.15, -0.1) is 0 Å². The summed E-state index contributed by atoms with van der Waals surface area (Å²) in [4.78, 5) is 0. The minimum Gasteiger partial charge on any atom is -0.0564 e. The van der Waals surface area contributed by atoms with E-state index in [4.69, 9.17) is 0 Å². The average Bonchev–Trinajstić information content (AvgIpc) is 2.70. The minimum absolute atomic E-state index is 0. The van der Waals surface area contributed by atoms with Crippen molar-refractivity contribution in [3.63, 3.8) is 0 Å². The summed E-state index contributed by atoms with van der Waals surface area (Å²) in [7, 11) is -0.0465. The Morgan fingerprint density at radius 3 is 0.966 bits per heavy atom. The second-order valence-electron chi connectivity index (χ2n) is 10.2. The average molecular weight is 460 g/mol. The fourth-order valence-corrected chi connectivity index (χ4v) is 11.7. The Balaban J connectivity index is 0.000000255. The fourth-order valence-electron chi connectivity index (χ4n) is 6.51. The molecule has 0 aromatic heterocycles. The Kier molecular flexibility index (Phi) is 11.9. The molecule has 3 saturated carbocycles. The van der Waals surface area contributed by atoms with Gasteiger partial charge >= 0.3 is 0 Å². The molecule has 3 aliphatic rings. The van der Waals surface area contributed by atoms with Gasteiger partial charge in [0.15, 0.2) is 0 Å².